The first kappa shape index (κ1) is 21.3. The van der Waals surface area contributed by atoms with Crippen LogP contribution in [0.25, 0.3) is 0 Å². The number of hydrogen-bond acceptors (Lipinski definition) is 5. The lowest BCUT2D eigenvalue weighted by atomic mass is 10.0. The van der Waals surface area contributed by atoms with Gasteiger partial charge in [-0.2, -0.15) is 5.10 Å². The smallest absolute Gasteiger partial charge is 0.244 e. The number of carbonyl (C=O) groups excluding carboxylic acids is 2. The Hall–Kier alpha value is -1.93. The van der Waals surface area contributed by atoms with Gasteiger partial charge in [0.1, 0.15) is 6.54 Å². The molecule has 1 unspecified atom stereocenters. The number of rotatable bonds is 8. The topological polar surface area (TPSA) is 70.9 Å². The van der Waals surface area contributed by atoms with Crippen molar-refractivity contribution < 1.29 is 14.3 Å². The van der Waals surface area contributed by atoms with Crippen LogP contribution < -0.4 is 0 Å². The summed E-state index contributed by atoms with van der Waals surface area (Å²) >= 11 is 0. The highest BCUT2D eigenvalue weighted by molar-refractivity contribution is 5.81. The number of amides is 2. The van der Waals surface area contributed by atoms with Crippen molar-refractivity contribution in [2.75, 3.05) is 46.4 Å². The van der Waals surface area contributed by atoms with Gasteiger partial charge in [-0.25, -0.2) is 0 Å². The Balaban J connectivity index is 1.34. The van der Waals surface area contributed by atoms with E-state index < -0.39 is 0 Å². The van der Waals surface area contributed by atoms with Gasteiger partial charge in [0, 0.05) is 70.6 Å². The van der Waals surface area contributed by atoms with Gasteiger partial charge in [-0.1, -0.05) is 0 Å². The maximum atomic E-state index is 12.6. The van der Waals surface area contributed by atoms with Gasteiger partial charge in [0.15, 0.2) is 0 Å². The van der Waals surface area contributed by atoms with Gasteiger partial charge in [0.05, 0.1) is 5.69 Å². The Labute approximate surface area is 179 Å². The SMILES string of the molecule is Cc1ccn(CC(=O)N(C)CCN(C2CCOCC2)C2CCN(C(=O)C3CC3)C2)n1. The quantitative estimate of drug-likeness (QED) is 0.634. The molecule has 0 aromatic carbocycles. The zero-order valence-electron chi connectivity index (χ0n) is 18.3. The number of carbonyl (C=O) groups is 2. The molecule has 3 heterocycles. The van der Waals surface area contributed by atoms with Crippen molar-refractivity contribution in [3.63, 3.8) is 0 Å². The molecule has 2 saturated heterocycles. The van der Waals surface area contributed by atoms with Crippen molar-refractivity contribution in [3.05, 3.63) is 18.0 Å². The fourth-order valence-corrected chi connectivity index (χ4v) is 4.68. The van der Waals surface area contributed by atoms with E-state index in [9.17, 15) is 9.59 Å². The zero-order valence-corrected chi connectivity index (χ0v) is 18.3. The van der Waals surface area contributed by atoms with Gasteiger partial charge in [-0.15, -0.1) is 0 Å². The lowest BCUT2D eigenvalue weighted by Crippen LogP contribution is -2.50. The van der Waals surface area contributed by atoms with Crippen LogP contribution >= 0.6 is 0 Å². The molecule has 2 aliphatic heterocycles. The molecule has 0 N–H and O–H groups in total. The first-order chi connectivity index (χ1) is 14.5. The average Bonchev–Trinajstić information content (AvgIpc) is 3.35. The van der Waals surface area contributed by atoms with Gasteiger partial charge in [-0.05, 0) is 45.1 Å². The first-order valence-corrected chi connectivity index (χ1v) is 11.4. The molecule has 30 heavy (non-hydrogen) atoms. The third kappa shape index (κ3) is 5.21. The average molecular weight is 418 g/mol. The lowest BCUT2D eigenvalue weighted by Gasteiger charge is -2.39. The summed E-state index contributed by atoms with van der Waals surface area (Å²) in [6.45, 7) is 7.01. The summed E-state index contributed by atoms with van der Waals surface area (Å²) in [7, 11) is 1.87. The Morgan fingerprint density at radius 2 is 1.90 bits per heavy atom. The molecule has 1 saturated carbocycles. The van der Waals surface area contributed by atoms with E-state index in [1.165, 1.54) is 0 Å². The van der Waals surface area contributed by atoms with Crippen LogP contribution in [0.4, 0.5) is 0 Å². The maximum Gasteiger partial charge on any atom is 0.244 e. The molecule has 0 radical (unpaired) electrons. The van der Waals surface area contributed by atoms with E-state index in [1.54, 1.807) is 4.68 Å². The molecule has 0 spiro atoms. The minimum Gasteiger partial charge on any atom is -0.381 e. The molecule has 1 aromatic heterocycles. The number of ether oxygens (including phenoxy) is 1. The number of aryl methyl sites for hydroxylation is 1. The minimum absolute atomic E-state index is 0.0713. The predicted octanol–water partition coefficient (Wildman–Crippen LogP) is 1.14. The van der Waals surface area contributed by atoms with E-state index in [0.29, 0.717) is 24.5 Å². The van der Waals surface area contributed by atoms with E-state index in [1.807, 2.05) is 31.1 Å². The molecule has 2 amide bonds. The maximum absolute atomic E-state index is 12.6. The van der Waals surface area contributed by atoms with Crippen LogP contribution in [0.1, 0.15) is 37.8 Å². The second-order valence-corrected chi connectivity index (χ2v) is 9.05. The fourth-order valence-electron chi connectivity index (χ4n) is 4.68. The molecule has 1 aromatic rings. The number of aromatic nitrogens is 2. The molecular formula is C22H35N5O3. The van der Waals surface area contributed by atoms with Gasteiger partial charge in [-0.3, -0.25) is 19.2 Å². The van der Waals surface area contributed by atoms with Gasteiger partial charge in [0.2, 0.25) is 11.8 Å². The summed E-state index contributed by atoms with van der Waals surface area (Å²) < 4.78 is 7.28. The largest absolute Gasteiger partial charge is 0.381 e. The van der Waals surface area contributed by atoms with Crippen molar-refractivity contribution in [1.29, 1.82) is 0 Å². The van der Waals surface area contributed by atoms with Crippen molar-refractivity contribution in [3.8, 4) is 0 Å². The highest BCUT2D eigenvalue weighted by Gasteiger charge is 2.39. The molecular weight excluding hydrogens is 382 g/mol. The Kier molecular flexibility index (Phi) is 6.73. The van der Waals surface area contributed by atoms with Gasteiger partial charge in [0.25, 0.3) is 0 Å². The van der Waals surface area contributed by atoms with Crippen LogP contribution in [-0.4, -0.2) is 94.8 Å². The Morgan fingerprint density at radius 1 is 1.13 bits per heavy atom. The van der Waals surface area contributed by atoms with Gasteiger partial charge >= 0.3 is 0 Å². The molecule has 1 atom stereocenters. The van der Waals surface area contributed by atoms with E-state index in [-0.39, 0.29) is 18.4 Å². The Morgan fingerprint density at radius 3 is 2.57 bits per heavy atom. The number of likely N-dealkylation sites (N-methyl/N-ethyl adjacent to an activating group) is 1. The molecule has 4 rings (SSSR count). The minimum atomic E-state index is 0.0713. The van der Waals surface area contributed by atoms with E-state index in [4.69, 9.17) is 4.74 Å². The third-order valence-corrected chi connectivity index (χ3v) is 6.72. The van der Waals surface area contributed by atoms with Crippen LogP contribution in [-0.2, 0) is 20.9 Å². The van der Waals surface area contributed by atoms with Crippen molar-refractivity contribution in [1.82, 2.24) is 24.5 Å². The van der Waals surface area contributed by atoms with Crippen LogP contribution in [0.2, 0.25) is 0 Å². The normalized spacial score (nSPS) is 22.6. The number of hydrogen-bond donors (Lipinski definition) is 0. The second-order valence-electron chi connectivity index (χ2n) is 9.05. The molecule has 166 valence electrons. The summed E-state index contributed by atoms with van der Waals surface area (Å²) in [6.07, 6.45) is 7.05. The predicted molar refractivity (Wildman–Crippen MR) is 113 cm³/mol. The summed E-state index contributed by atoms with van der Waals surface area (Å²) in [4.78, 5) is 31.6. The highest BCUT2D eigenvalue weighted by Crippen LogP contribution is 2.33. The standard InChI is InChI=1S/C22H35N5O3/c1-17-5-10-26(23-17)16-21(28)24(2)11-12-27(19-7-13-30-14-8-19)20-6-9-25(15-20)22(29)18-3-4-18/h5,10,18-20H,3-4,6-9,11-16H2,1-2H3. The van der Waals surface area contributed by atoms with E-state index in [2.05, 4.69) is 14.9 Å². The monoisotopic (exact) mass is 417 g/mol. The third-order valence-electron chi connectivity index (χ3n) is 6.72. The molecule has 8 heteroatoms. The number of likely N-dealkylation sites (tertiary alicyclic amines) is 1. The van der Waals surface area contributed by atoms with Gasteiger partial charge < -0.3 is 14.5 Å². The van der Waals surface area contributed by atoms with Crippen LogP contribution in [0.5, 0.6) is 0 Å². The van der Waals surface area contributed by atoms with E-state index in [0.717, 1.165) is 70.6 Å². The molecule has 8 nitrogen and oxygen atoms in total. The van der Waals surface area contributed by atoms with Crippen molar-refractivity contribution in [2.24, 2.45) is 5.92 Å². The van der Waals surface area contributed by atoms with Crippen LogP contribution in [0, 0.1) is 12.8 Å². The van der Waals surface area contributed by atoms with Crippen LogP contribution in [0.3, 0.4) is 0 Å². The van der Waals surface area contributed by atoms with Crippen LogP contribution in [0.15, 0.2) is 12.3 Å². The van der Waals surface area contributed by atoms with Crippen molar-refractivity contribution >= 4 is 11.8 Å². The first-order valence-electron chi connectivity index (χ1n) is 11.4. The summed E-state index contributed by atoms with van der Waals surface area (Å²) in [5.74, 6) is 0.711. The summed E-state index contributed by atoms with van der Waals surface area (Å²) in [5, 5.41) is 4.32. The summed E-state index contributed by atoms with van der Waals surface area (Å²) in [6, 6.07) is 2.76. The molecule has 3 fully saturated rings. The summed E-state index contributed by atoms with van der Waals surface area (Å²) in [5.41, 5.74) is 0.919. The van der Waals surface area contributed by atoms with E-state index >= 15 is 0 Å². The molecule has 3 aliphatic rings. The molecule has 0 bridgehead atoms. The second kappa shape index (κ2) is 9.47. The number of nitrogens with zero attached hydrogens (tertiary/aromatic N) is 5. The molecule has 1 aliphatic carbocycles. The Bertz CT molecular complexity index is 741. The fraction of sp³-hybridized carbons (Fsp3) is 0.773. The van der Waals surface area contributed by atoms with Crippen molar-refractivity contribution in [2.45, 2.75) is 57.7 Å². The zero-order chi connectivity index (χ0) is 21.1. The highest BCUT2D eigenvalue weighted by atomic mass is 16.5. The lowest BCUT2D eigenvalue weighted by molar-refractivity contribution is -0.131.